The first kappa shape index (κ1) is 25.2. The molecular weight excluding hydrogens is 505 g/mol. The van der Waals surface area contributed by atoms with Crippen LogP contribution < -0.4 is 10.6 Å². The van der Waals surface area contributed by atoms with Gasteiger partial charge >= 0.3 is 0 Å². The second-order valence-corrected chi connectivity index (χ2v) is 9.03. The summed E-state index contributed by atoms with van der Waals surface area (Å²) in [7, 11) is 3.47. The summed E-state index contributed by atoms with van der Waals surface area (Å²) in [6, 6.07) is 8.82. The monoisotopic (exact) mass is 539 g/mol. The smallest absolute Gasteiger partial charge is 0.243 e. The zero-order valence-electron chi connectivity index (χ0n) is 19.1. The molecule has 0 radical (unpaired) electrons. The highest BCUT2D eigenvalue weighted by molar-refractivity contribution is 14.0. The van der Waals surface area contributed by atoms with Crippen molar-refractivity contribution in [3.05, 3.63) is 53.2 Å². The molecule has 0 spiro atoms. The van der Waals surface area contributed by atoms with E-state index in [2.05, 4.69) is 65.6 Å². The average Bonchev–Trinajstić information content (AvgIpc) is 3.19. The lowest BCUT2D eigenvalue weighted by atomic mass is 9.88. The number of aromatic nitrogens is 1. The summed E-state index contributed by atoms with van der Waals surface area (Å²) in [4.78, 5) is 22.4. The van der Waals surface area contributed by atoms with E-state index in [0.29, 0.717) is 18.4 Å². The summed E-state index contributed by atoms with van der Waals surface area (Å²) >= 11 is 0. The molecule has 1 unspecified atom stereocenters. The minimum atomic E-state index is -0.0892. The third-order valence-electron chi connectivity index (χ3n) is 5.26. The van der Waals surface area contributed by atoms with Crippen molar-refractivity contribution in [3.8, 4) is 0 Å². The van der Waals surface area contributed by atoms with Gasteiger partial charge < -0.3 is 20.0 Å². The van der Waals surface area contributed by atoms with E-state index in [0.717, 1.165) is 25.0 Å². The van der Waals surface area contributed by atoms with E-state index in [1.165, 1.54) is 11.1 Å². The molecule has 2 aromatic rings. The van der Waals surface area contributed by atoms with Crippen LogP contribution in [0.5, 0.6) is 0 Å². The maximum absolute atomic E-state index is 12.0. The van der Waals surface area contributed by atoms with Crippen molar-refractivity contribution in [1.29, 1.82) is 0 Å². The van der Waals surface area contributed by atoms with Gasteiger partial charge in [0, 0.05) is 25.6 Å². The Hall–Kier alpha value is -2.10. The predicted octanol–water partition coefficient (Wildman–Crippen LogP) is 3.27. The minimum Gasteiger partial charge on any atom is -0.443 e. The van der Waals surface area contributed by atoms with Crippen LogP contribution in [0, 0.1) is 0 Å². The largest absolute Gasteiger partial charge is 0.443 e. The van der Waals surface area contributed by atoms with Crippen molar-refractivity contribution in [2.45, 2.75) is 58.0 Å². The zero-order chi connectivity index (χ0) is 21.7. The normalized spacial score (nSPS) is 16.2. The number of aryl methyl sites for hydroxylation is 1. The molecule has 2 N–H and O–H groups in total. The number of amides is 1. The number of hydrogen-bond acceptors (Lipinski definition) is 4. The molecule has 3 rings (SSSR count). The van der Waals surface area contributed by atoms with Crippen molar-refractivity contribution in [1.82, 2.24) is 20.5 Å². The molecule has 0 saturated carbocycles. The quantitative estimate of drug-likeness (QED) is 0.347. The number of carbonyl (C=O) groups is 1. The molecule has 1 aromatic carbocycles. The second-order valence-electron chi connectivity index (χ2n) is 9.03. The molecular formula is C23H34IN5O2. The van der Waals surface area contributed by atoms with E-state index in [1.807, 2.05) is 0 Å². The van der Waals surface area contributed by atoms with E-state index in [-0.39, 0.29) is 47.9 Å². The van der Waals surface area contributed by atoms with Gasteiger partial charge in [0.1, 0.15) is 12.3 Å². The molecule has 1 aliphatic rings. The Kier molecular flexibility index (Phi) is 8.90. The van der Waals surface area contributed by atoms with Crippen molar-refractivity contribution < 1.29 is 9.21 Å². The maximum atomic E-state index is 12.0. The molecule has 0 aliphatic heterocycles. The van der Waals surface area contributed by atoms with E-state index >= 15 is 0 Å². The van der Waals surface area contributed by atoms with E-state index in [1.54, 1.807) is 25.2 Å². The van der Waals surface area contributed by atoms with Crippen LogP contribution >= 0.6 is 24.0 Å². The van der Waals surface area contributed by atoms with Crippen LogP contribution in [0.3, 0.4) is 0 Å². The highest BCUT2D eigenvalue weighted by Gasteiger charge is 2.21. The summed E-state index contributed by atoms with van der Waals surface area (Å²) in [6.07, 6.45) is 4.76. The third kappa shape index (κ3) is 7.22. The average molecular weight is 539 g/mol. The van der Waals surface area contributed by atoms with Crippen LogP contribution in [0.15, 0.2) is 39.9 Å². The molecule has 8 heteroatoms. The van der Waals surface area contributed by atoms with Crippen molar-refractivity contribution in [3.63, 3.8) is 0 Å². The molecule has 0 bridgehead atoms. The molecule has 0 fully saturated rings. The van der Waals surface area contributed by atoms with E-state index in [4.69, 9.17) is 4.42 Å². The van der Waals surface area contributed by atoms with E-state index < -0.39 is 0 Å². The molecule has 1 aliphatic carbocycles. The molecule has 1 amide bonds. The van der Waals surface area contributed by atoms with Gasteiger partial charge in [-0.15, -0.1) is 24.0 Å². The number of benzene rings is 1. The number of hydrogen-bond donors (Lipinski definition) is 2. The Bertz CT molecular complexity index is 901. The minimum absolute atomic E-state index is 0. The van der Waals surface area contributed by atoms with Crippen LogP contribution in [-0.4, -0.2) is 48.4 Å². The van der Waals surface area contributed by atoms with Crippen LogP contribution in [0.25, 0.3) is 0 Å². The number of rotatable bonds is 5. The first-order valence-electron chi connectivity index (χ1n) is 10.5. The summed E-state index contributed by atoms with van der Waals surface area (Å²) < 4.78 is 5.87. The fourth-order valence-electron chi connectivity index (χ4n) is 3.35. The molecule has 1 aromatic heterocycles. The first-order chi connectivity index (χ1) is 14.2. The van der Waals surface area contributed by atoms with Crippen LogP contribution in [-0.2, 0) is 29.6 Å². The van der Waals surface area contributed by atoms with Crippen molar-refractivity contribution in [2.75, 3.05) is 20.6 Å². The second kappa shape index (κ2) is 11.0. The highest BCUT2D eigenvalue weighted by atomic mass is 127. The summed E-state index contributed by atoms with van der Waals surface area (Å²) in [5.74, 6) is 2.00. The lowest BCUT2D eigenvalue weighted by Gasteiger charge is -2.27. The molecule has 7 nitrogen and oxygen atoms in total. The molecule has 0 saturated heterocycles. The molecule has 1 atom stereocenters. The van der Waals surface area contributed by atoms with Gasteiger partial charge in [-0.25, -0.2) is 9.98 Å². The number of fused-ring (bicyclic) bond motifs is 1. The van der Waals surface area contributed by atoms with Gasteiger partial charge in [0.05, 0.1) is 12.7 Å². The van der Waals surface area contributed by atoms with Gasteiger partial charge in [-0.3, -0.25) is 4.79 Å². The predicted molar refractivity (Wildman–Crippen MR) is 134 cm³/mol. The van der Waals surface area contributed by atoms with Crippen LogP contribution in [0.2, 0.25) is 0 Å². The standard InChI is InChI=1S/C23H33N5O2.HI/c1-23(2,3)19-13-24-20(30-19)14-25-22(26-15-21(29)28(4)5)27-18-11-10-16-8-6-7-9-17(16)12-18;/h6-9,13,18H,10-12,14-15H2,1-5H3,(H2,25,26,27);1H. The third-order valence-corrected chi connectivity index (χ3v) is 5.26. The zero-order valence-corrected chi connectivity index (χ0v) is 21.4. The van der Waals surface area contributed by atoms with Crippen LogP contribution in [0.4, 0.5) is 0 Å². The number of nitrogens with one attached hydrogen (secondary N) is 2. The maximum Gasteiger partial charge on any atom is 0.243 e. The topological polar surface area (TPSA) is 82.8 Å². The number of likely N-dealkylation sites (N-methyl/N-ethyl adjacent to an activating group) is 1. The fraction of sp³-hybridized carbons (Fsp3) is 0.522. The van der Waals surface area contributed by atoms with Crippen LogP contribution in [0.1, 0.15) is 50.0 Å². The Morgan fingerprint density at radius 1 is 1.26 bits per heavy atom. The van der Waals surface area contributed by atoms with Gasteiger partial charge in [0.2, 0.25) is 11.8 Å². The Balaban J connectivity index is 0.00000341. The van der Waals surface area contributed by atoms with E-state index in [9.17, 15) is 4.79 Å². The molecule has 170 valence electrons. The SMILES string of the molecule is CN(C)C(=O)CN=C(NCc1ncc(C(C)(C)C)o1)NC1CCc2ccccc2C1.I. The highest BCUT2D eigenvalue weighted by Crippen LogP contribution is 2.23. The Morgan fingerprint density at radius 3 is 2.61 bits per heavy atom. The van der Waals surface area contributed by atoms with Crippen molar-refractivity contribution in [2.24, 2.45) is 4.99 Å². The fourth-order valence-corrected chi connectivity index (χ4v) is 3.35. The lowest BCUT2D eigenvalue weighted by molar-refractivity contribution is -0.127. The van der Waals surface area contributed by atoms with Gasteiger partial charge in [-0.05, 0) is 30.4 Å². The summed E-state index contributed by atoms with van der Waals surface area (Å²) in [5.41, 5.74) is 2.69. The number of guanidine groups is 1. The molecule has 1 heterocycles. The van der Waals surface area contributed by atoms with Gasteiger partial charge in [0.15, 0.2) is 5.96 Å². The van der Waals surface area contributed by atoms with Crippen molar-refractivity contribution >= 4 is 35.8 Å². The number of carbonyl (C=O) groups excluding carboxylic acids is 1. The Labute approximate surface area is 202 Å². The van der Waals surface area contributed by atoms with Gasteiger partial charge in [0.25, 0.3) is 0 Å². The summed E-state index contributed by atoms with van der Waals surface area (Å²) in [6.45, 7) is 6.76. The number of aliphatic imine (C=N–C) groups is 1. The number of halogens is 1. The number of nitrogens with zero attached hydrogens (tertiary/aromatic N) is 3. The lowest BCUT2D eigenvalue weighted by Crippen LogP contribution is -2.46. The number of oxazole rings is 1. The Morgan fingerprint density at radius 2 is 1.97 bits per heavy atom. The van der Waals surface area contributed by atoms with Gasteiger partial charge in [-0.2, -0.15) is 0 Å². The molecule has 31 heavy (non-hydrogen) atoms. The summed E-state index contributed by atoms with van der Waals surface area (Å²) in [5, 5.41) is 6.78. The first-order valence-corrected chi connectivity index (χ1v) is 10.5. The van der Waals surface area contributed by atoms with Gasteiger partial charge in [-0.1, -0.05) is 45.0 Å².